The lowest BCUT2D eigenvalue weighted by molar-refractivity contribution is 0.466. The molecular formula is C12H13BrClFN2. The van der Waals surface area contributed by atoms with Crippen LogP contribution < -0.4 is 5.32 Å². The summed E-state index contributed by atoms with van der Waals surface area (Å²) in [4.78, 5) is 0. The summed E-state index contributed by atoms with van der Waals surface area (Å²) < 4.78 is 13.6. The molecule has 1 rings (SSSR count). The lowest BCUT2D eigenvalue weighted by Gasteiger charge is -2.17. The lowest BCUT2D eigenvalue weighted by atomic mass is 9.91. The van der Waals surface area contributed by atoms with Crippen LogP contribution in [0, 0.1) is 22.6 Å². The lowest BCUT2D eigenvalue weighted by Crippen LogP contribution is -2.15. The van der Waals surface area contributed by atoms with E-state index >= 15 is 0 Å². The molecule has 17 heavy (non-hydrogen) atoms. The molecule has 92 valence electrons. The summed E-state index contributed by atoms with van der Waals surface area (Å²) in [6.45, 7) is 4.34. The topological polar surface area (TPSA) is 35.8 Å². The molecule has 1 aromatic carbocycles. The Labute approximate surface area is 114 Å². The van der Waals surface area contributed by atoms with Crippen LogP contribution in [0.1, 0.15) is 20.3 Å². The van der Waals surface area contributed by atoms with E-state index in [1.54, 1.807) is 0 Å². The average molecular weight is 320 g/mol. The third-order valence-corrected chi connectivity index (χ3v) is 3.28. The van der Waals surface area contributed by atoms with Gasteiger partial charge in [0, 0.05) is 11.0 Å². The first-order chi connectivity index (χ1) is 7.85. The van der Waals surface area contributed by atoms with Crippen molar-refractivity contribution in [2.75, 3.05) is 11.9 Å². The van der Waals surface area contributed by atoms with Crippen molar-refractivity contribution in [2.45, 2.75) is 20.3 Å². The fourth-order valence-electron chi connectivity index (χ4n) is 1.27. The molecule has 0 fully saturated rings. The molecule has 0 aliphatic carbocycles. The molecule has 1 N–H and O–H groups in total. The van der Waals surface area contributed by atoms with E-state index in [0.717, 1.165) is 0 Å². The molecule has 1 aromatic rings. The molecule has 0 aliphatic heterocycles. The second kappa shape index (κ2) is 5.70. The fourth-order valence-corrected chi connectivity index (χ4v) is 2.23. The second-order valence-electron chi connectivity index (χ2n) is 4.42. The largest absolute Gasteiger partial charge is 0.383 e. The third-order valence-electron chi connectivity index (χ3n) is 2.36. The van der Waals surface area contributed by atoms with Gasteiger partial charge in [0.05, 0.1) is 22.2 Å². The van der Waals surface area contributed by atoms with Crippen molar-refractivity contribution in [1.82, 2.24) is 0 Å². The van der Waals surface area contributed by atoms with Crippen molar-refractivity contribution in [3.8, 4) is 6.07 Å². The molecule has 0 heterocycles. The Morgan fingerprint density at radius 2 is 2.18 bits per heavy atom. The maximum absolute atomic E-state index is 13.0. The van der Waals surface area contributed by atoms with Crippen molar-refractivity contribution in [3.05, 3.63) is 27.4 Å². The van der Waals surface area contributed by atoms with Crippen LogP contribution in [0.25, 0.3) is 0 Å². The monoisotopic (exact) mass is 318 g/mol. The number of hydrogen-bond donors (Lipinski definition) is 1. The summed E-state index contributed by atoms with van der Waals surface area (Å²) in [7, 11) is 0. The van der Waals surface area contributed by atoms with E-state index in [4.69, 9.17) is 16.9 Å². The van der Waals surface area contributed by atoms with Gasteiger partial charge in [-0.2, -0.15) is 5.26 Å². The molecule has 0 amide bonds. The highest BCUT2D eigenvalue weighted by atomic mass is 79.9. The molecule has 0 atom stereocenters. The minimum atomic E-state index is -0.384. The maximum Gasteiger partial charge on any atom is 0.125 e. The van der Waals surface area contributed by atoms with Crippen molar-refractivity contribution in [2.24, 2.45) is 5.41 Å². The van der Waals surface area contributed by atoms with Gasteiger partial charge in [0.2, 0.25) is 0 Å². The maximum atomic E-state index is 13.0. The van der Waals surface area contributed by atoms with E-state index in [1.807, 2.05) is 13.8 Å². The number of nitrogens with one attached hydrogen (secondary N) is 1. The van der Waals surface area contributed by atoms with E-state index in [9.17, 15) is 4.39 Å². The van der Waals surface area contributed by atoms with E-state index in [1.165, 1.54) is 12.1 Å². The zero-order valence-corrected chi connectivity index (χ0v) is 12.0. The van der Waals surface area contributed by atoms with Crippen LogP contribution in [-0.2, 0) is 0 Å². The van der Waals surface area contributed by atoms with Crippen molar-refractivity contribution in [1.29, 1.82) is 5.26 Å². The van der Waals surface area contributed by atoms with Crippen LogP contribution in [0.15, 0.2) is 16.6 Å². The molecule has 0 aromatic heterocycles. The van der Waals surface area contributed by atoms with Gasteiger partial charge in [0.25, 0.3) is 0 Å². The number of nitriles is 1. The quantitative estimate of drug-likeness (QED) is 0.881. The van der Waals surface area contributed by atoms with Gasteiger partial charge < -0.3 is 5.32 Å². The average Bonchev–Trinajstić information content (AvgIpc) is 2.22. The number of hydrogen-bond acceptors (Lipinski definition) is 2. The molecule has 0 radical (unpaired) electrons. The van der Waals surface area contributed by atoms with Crippen molar-refractivity contribution < 1.29 is 4.39 Å². The Kier molecular flexibility index (Phi) is 4.79. The van der Waals surface area contributed by atoms with Crippen LogP contribution >= 0.6 is 27.5 Å². The van der Waals surface area contributed by atoms with Gasteiger partial charge in [0.15, 0.2) is 0 Å². The SMILES string of the molecule is CC(C)(C#N)CCNc1c(Cl)cc(F)cc1Br. The van der Waals surface area contributed by atoms with E-state index in [-0.39, 0.29) is 11.2 Å². The highest BCUT2D eigenvalue weighted by Gasteiger charge is 2.16. The van der Waals surface area contributed by atoms with Gasteiger partial charge in [-0.25, -0.2) is 4.39 Å². The molecule has 5 heteroatoms. The summed E-state index contributed by atoms with van der Waals surface area (Å²) in [6, 6.07) is 4.83. The molecule has 2 nitrogen and oxygen atoms in total. The predicted molar refractivity (Wildman–Crippen MR) is 71.6 cm³/mol. The van der Waals surface area contributed by atoms with Gasteiger partial charge >= 0.3 is 0 Å². The van der Waals surface area contributed by atoms with Gasteiger partial charge in [-0.15, -0.1) is 0 Å². The summed E-state index contributed by atoms with van der Waals surface area (Å²) >= 11 is 9.16. The Morgan fingerprint density at radius 1 is 1.53 bits per heavy atom. The first-order valence-electron chi connectivity index (χ1n) is 5.15. The van der Waals surface area contributed by atoms with Gasteiger partial charge in [-0.1, -0.05) is 11.6 Å². The Balaban J connectivity index is 2.68. The highest BCUT2D eigenvalue weighted by Crippen LogP contribution is 2.32. The normalized spacial score (nSPS) is 11.1. The first-order valence-corrected chi connectivity index (χ1v) is 6.32. The molecule has 0 bridgehead atoms. The number of nitrogens with zero attached hydrogens (tertiary/aromatic N) is 1. The van der Waals surface area contributed by atoms with Crippen molar-refractivity contribution in [3.63, 3.8) is 0 Å². The smallest absolute Gasteiger partial charge is 0.125 e. The summed E-state index contributed by atoms with van der Waals surface area (Å²) in [6.07, 6.45) is 0.684. The van der Waals surface area contributed by atoms with Crippen LogP contribution in [0.3, 0.4) is 0 Å². The van der Waals surface area contributed by atoms with Crippen molar-refractivity contribution >= 4 is 33.2 Å². The van der Waals surface area contributed by atoms with Gasteiger partial charge in [0.1, 0.15) is 5.82 Å². The van der Waals surface area contributed by atoms with Crippen LogP contribution in [0.4, 0.5) is 10.1 Å². The number of anilines is 1. The number of rotatable bonds is 4. The molecule has 0 saturated carbocycles. The third kappa shape index (κ3) is 4.18. The molecule has 0 aliphatic rings. The highest BCUT2D eigenvalue weighted by molar-refractivity contribution is 9.10. The Hall–Kier alpha value is -0.790. The Morgan fingerprint density at radius 3 is 2.71 bits per heavy atom. The summed E-state index contributed by atoms with van der Waals surface area (Å²) in [5.41, 5.74) is 0.271. The van der Waals surface area contributed by atoms with Gasteiger partial charge in [-0.05, 0) is 48.3 Å². The minimum absolute atomic E-state index is 0.326. The van der Waals surface area contributed by atoms with E-state index in [0.29, 0.717) is 28.1 Å². The number of halogens is 3. The molecule has 0 spiro atoms. The van der Waals surface area contributed by atoms with Crippen LogP contribution in [0.2, 0.25) is 5.02 Å². The Bertz CT molecular complexity index is 431. The summed E-state index contributed by atoms with van der Waals surface area (Å²) in [5, 5.41) is 12.3. The first kappa shape index (κ1) is 14.3. The fraction of sp³-hybridized carbons (Fsp3) is 0.417. The minimum Gasteiger partial charge on any atom is -0.383 e. The van der Waals surface area contributed by atoms with E-state index in [2.05, 4.69) is 27.3 Å². The standard InChI is InChI=1S/C12H13BrClFN2/c1-12(2,7-16)3-4-17-11-9(13)5-8(15)6-10(11)14/h5-6,17H,3-4H2,1-2H3. The summed E-state index contributed by atoms with van der Waals surface area (Å²) in [5.74, 6) is -0.384. The zero-order chi connectivity index (χ0) is 13.1. The van der Waals surface area contributed by atoms with Gasteiger partial charge in [-0.3, -0.25) is 0 Å². The predicted octanol–water partition coefficient (Wildman–Crippen LogP) is 4.59. The second-order valence-corrected chi connectivity index (χ2v) is 5.68. The van der Waals surface area contributed by atoms with Crippen LogP contribution in [0.5, 0.6) is 0 Å². The zero-order valence-electron chi connectivity index (χ0n) is 9.65. The number of benzene rings is 1. The molecule has 0 unspecified atom stereocenters. The van der Waals surface area contributed by atoms with Crippen LogP contribution in [-0.4, -0.2) is 6.54 Å². The van der Waals surface area contributed by atoms with E-state index < -0.39 is 0 Å². The molecular weight excluding hydrogens is 307 g/mol. The molecule has 0 saturated heterocycles.